The lowest BCUT2D eigenvalue weighted by Crippen LogP contribution is -2.56. The first kappa shape index (κ1) is 25.2. The number of nitrogens with zero attached hydrogens (tertiary/aromatic N) is 3. The average Bonchev–Trinajstić information content (AvgIpc) is 3.23. The van der Waals surface area contributed by atoms with Crippen LogP contribution in [0.2, 0.25) is 15.1 Å². The van der Waals surface area contributed by atoms with Crippen molar-refractivity contribution in [2.75, 3.05) is 29.9 Å². The van der Waals surface area contributed by atoms with E-state index in [0.29, 0.717) is 52.8 Å². The molecule has 2 fully saturated rings. The summed E-state index contributed by atoms with van der Waals surface area (Å²) < 4.78 is 0. The summed E-state index contributed by atoms with van der Waals surface area (Å²) in [6.45, 7) is 3.13. The molecular formula is C22H27Cl3N6O3. The molecule has 2 aliphatic heterocycles. The Bertz CT molecular complexity index is 1040. The van der Waals surface area contributed by atoms with Crippen molar-refractivity contribution in [1.82, 2.24) is 20.6 Å². The van der Waals surface area contributed by atoms with Crippen LogP contribution in [0.3, 0.4) is 0 Å². The number of aliphatic hydroxyl groups excluding tert-OH is 2. The summed E-state index contributed by atoms with van der Waals surface area (Å²) in [5.74, 6) is 0.657. The minimum Gasteiger partial charge on any atom is -0.392 e. The van der Waals surface area contributed by atoms with Crippen LogP contribution in [0.4, 0.5) is 11.8 Å². The zero-order valence-corrected chi connectivity index (χ0v) is 20.8. The molecule has 2 saturated heterocycles. The highest BCUT2D eigenvalue weighted by Gasteiger charge is 2.34. The molecule has 5 atom stereocenters. The van der Waals surface area contributed by atoms with Gasteiger partial charge in [-0.25, -0.2) is 4.98 Å². The second kappa shape index (κ2) is 10.8. The van der Waals surface area contributed by atoms with E-state index < -0.39 is 18.2 Å². The number of carbonyl (C=O) groups is 1. The fourth-order valence-electron chi connectivity index (χ4n) is 4.23. The van der Waals surface area contributed by atoms with Gasteiger partial charge in [-0.05, 0) is 37.5 Å². The molecule has 2 aliphatic rings. The molecule has 5 N–H and O–H groups in total. The van der Waals surface area contributed by atoms with Crippen molar-refractivity contribution < 1.29 is 15.0 Å². The van der Waals surface area contributed by atoms with Crippen molar-refractivity contribution in [2.24, 2.45) is 0 Å². The molecule has 1 aromatic carbocycles. The van der Waals surface area contributed by atoms with E-state index in [1.54, 1.807) is 12.1 Å². The number of aromatic nitrogens is 2. The number of hydrogen-bond acceptors (Lipinski definition) is 8. The molecule has 1 amide bonds. The van der Waals surface area contributed by atoms with Crippen molar-refractivity contribution >= 4 is 52.5 Å². The van der Waals surface area contributed by atoms with Crippen LogP contribution < -0.4 is 20.9 Å². The number of β-amino-alcohol motifs (C(OH)–C–C–N with tert-alkyl or cyclic N) is 2. The predicted molar refractivity (Wildman–Crippen MR) is 133 cm³/mol. The van der Waals surface area contributed by atoms with Crippen molar-refractivity contribution in [3.8, 4) is 0 Å². The summed E-state index contributed by atoms with van der Waals surface area (Å²) in [5.41, 5.74) is 0.846. The number of carbonyl (C=O) groups excluding carboxylic acids is 1. The lowest BCUT2D eigenvalue weighted by molar-refractivity contribution is -0.124. The Morgan fingerprint density at radius 3 is 2.74 bits per heavy atom. The van der Waals surface area contributed by atoms with Crippen molar-refractivity contribution in [2.45, 2.75) is 50.1 Å². The van der Waals surface area contributed by atoms with E-state index >= 15 is 0 Å². The van der Waals surface area contributed by atoms with Gasteiger partial charge in [-0.1, -0.05) is 40.9 Å². The maximum atomic E-state index is 12.4. The Kier molecular flexibility index (Phi) is 8.01. The highest BCUT2D eigenvalue weighted by atomic mass is 35.5. The quantitative estimate of drug-likeness (QED) is 0.387. The Balaban J connectivity index is 1.39. The summed E-state index contributed by atoms with van der Waals surface area (Å²) in [6, 6.07) is 4.27. The molecule has 2 aromatic rings. The van der Waals surface area contributed by atoms with Gasteiger partial charge in [-0.15, -0.1) is 0 Å². The van der Waals surface area contributed by atoms with Crippen LogP contribution in [-0.4, -0.2) is 70.0 Å². The van der Waals surface area contributed by atoms with Gasteiger partial charge in [0, 0.05) is 29.7 Å². The Morgan fingerprint density at radius 2 is 2.06 bits per heavy atom. The van der Waals surface area contributed by atoms with Gasteiger partial charge in [-0.3, -0.25) is 4.79 Å². The monoisotopic (exact) mass is 528 g/mol. The van der Waals surface area contributed by atoms with Crippen molar-refractivity contribution in [3.63, 3.8) is 0 Å². The van der Waals surface area contributed by atoms with E-state index in [2.05, 4.69) is 25.9 Å². The number of hydrogen-bond donors (Lipinski definition) is 5. The van der Waals surface area contributed by atoms with E-state index in [9.17, 15) is 15.0 Å². The van der Waals surface area contributed by atoms with Gasteiger partial charge >= 0.3 is 0 Å². The number of halogens is 3. The number of anilines is 2. The minimum absolute atomic E-state index is 0.195. The van der Waals surface area contributed by atoms with Crippen LogP contribution in [0, 0.1) is 0 Å². The van der Waals surface area contributed by atoms with Crippen LogP contribution in [0.15, 0.2) is 24.4 Å². The van der Waals surface area contributed by atoms with Crippen LogP contribution in [0.5, 0.6) is 0 Å². The van der Waals surface area contributed by atoms with Crippen LogP contribution in [0.1, 0.15) is 31.4 Å². The maximum Gasteiger partial charge on any atom is 0.237 e. The van der Waals surface area contributed by atoms with Crippen LogP contribution in [-0.2, 0) is 4.79 Å². The first-order chi connectivity index (χ1) is 16.2. The number of benzene rings is 1. The second-order valence-corrected chi connectivity index (χ2v) is 9.92. The molecule has 9 nitrogen and oxygen atoms in total. The lowest BCUT2D eigenvalue weighted by Gasteiger charge is -2.36. The number of aliphatic hydroxyl groups is 2. The molecule has 34 heavy (non-hydrogen) atoms. The maximum absolute atomic E-state index is 12.4. The number of amides is 1. The smallest absolute Gasteiger partial charge is 0.237 e. The largest absolute Gasteiger partial charge is 0.392 e. The normalized spacial score (nSPS) is 25.8. The standard InChI is InChI=1S/C22H27Cl3N6O3/c1-11(14-3-2-12(23)6-15(14)24)28-20-16(25)9-27-22(30-20)31-5-4-17(19(33)10-31)29-21(34)18-7-13(32)8-26-18/h2-3,6,9,11,13,17-19,26,32-33H,4-5,7-8,10H2,1H3,(H,29,34)(H,27,28,30)/t11-,13-,17+,18-,19+/m1/s1. The van der Waals surface area contributed by atoms with E-state index in [0.717, 1.165) is 5.56 Å². The molecule has 0 bridgehead atoms. The van der Waals surface area contributed by atoms with Gasteiger partial charge in [-0.2, -0.15) is 4.98 Å². The molecule has 1 aromatic heterocycles. The predicted octanol–water partition coefficient (Wildman–Crippen LogP) is 2.39. The molecule has 0 radical (unpaired) electrons. The molecule has 0 saturated carbocycles. The third-order valence-corrected chi connectivity index (χ3v) is 6.97. The van der Waals surface area contributed by atoms with Gasteiger partial charge in [0.25, 0.3) is 0 Å². The summed E-state index contributed by atoms with van der Waals surface area (Å²) >= 11 is 18.7. The molecule has 12 heteroatoms. The summed E-state index contributed by atoms with van der Waals surface area (Å²) in [7, 11) is 0. The Morgan fingerprint density at radius 1 is 1.26 bits per heavy atom. The first-order valence-electron chi connectivity index (χ1n) is 11.1. The number of piperidine rings is 1. The third kappa shape index (κ3) is 5.84. The lowest BCUT2D eigenvalue weighted by atomic mass is 10.0. The van der Waals surface area contributed by atoms with Gasteiger partial charge in [0.05, 0.1) is 36.5 Å². The molecule has 0 aliphatic carbocycles. The van der Waals surface area contributed by atoms with E-state index in [-0.39, 0.29) is 24.5 Å². The SMILES string of the molecule is C[C@@H](Nc1nc(N2CC[C@H](NC(=O)[C@H]3C[C@@H](O)CN3)[C@@H](O)C2)ncc1Cl)c1ccc(Cl)cc1Cl. The topological polar surface area (TPSA) is 123 Å². The van der Waals surface area contributed by atoms with Gasteiger partial charge < -0.3 is 31.1 Å². The highest BCUT2D eigenvalue weighted by molar-refractivity contribution is 6.35. The van der Waals surface area contributed by atoms with Crippen molar-refractivity contribution in [3.05, 3.63) is 45.0 Å². The molecule has 3 heterocycles. The van der Waals surface area contributed by atoms with E-state index in [4.69, 9.17) is 34.8 Å². The second-order valence-electron chi connectivity index (χ2n) is 8.67. The van der Waals surface area contributed by atoms with Gasteiger partial charge in [0.2, 0.25) is 11.9 Å². The van der Waals surface area contributed by atoms with Crippen LogP contribution >= 0.6 is 34.8 Å². The first-order valence-corrected chi connectivity index (χ1v) is 12.2. The summed E-state index contributed by atoms with van der Waals surface area (Å²) in [6.07, 6.45) is 1.08. The molecule has 0 unspecified atom stereocenters. The van der Waals surface area contributed by atoms with Crippen LogP contribution in [0.25, 0.3) is 0 Å². The Labute approximate surface area is 212 Å². The molecule has 184 valence electrons. The van der Waals surface area contributed by atoms with Gasteiger partial charge in [0.15, 0.2) is 5.82 Å². The van der Waals surface area contributed by atoms with E-state index in [1.807, 2.05) is 17.9 Å². The van der Waals surface area contributed by atoms with Gasteiger partial charge in [0.1, 0.15) is 5.02 Å². The molecule has 4 rings (SSSR count). The fraction of sp³-hybridized carbons (Fsp3) is 0.500. The zero-order chi connectivity index (χ0) is 24.4. The summed E-state index contributed by atoms with van der Waals surface area (Å²) in [5, 5.41) is 30.9. The molecule has 0 spiro atoms. The van der Waals surface area contributed by atoms with Crippen molar-refractivity contribution in [1.29, 1.82) is 0 Å². The molecular weight excluding hydrogens is 503 g/mol. The Hall–Kier alpha value is -1.88. The summed E-state index contributed by atoms with van der Waals surface area (Å²) in [4.78, 5) is 23.2. The third-order valence-electron chi connectivity index (χ3n) is 6.13. The number of nitrogens with one attached hydrogen (secondary N) is 3. The minimum atomic E-state index is -0.800. The zero-order valence-electron chi connectivity index (χ0n) is 18.5. The average molecular weight is 530 g/mol. The number of rotatable bonds is 6. The highest BCUT2D eigenvalue weighted by Crippen LogP contribution is 2.31. The van der Waals surface area contributed by atoms with E-state index in [1.165, 1.54) is 6.20 Å². The fourth-order valence-corrected chi connectivity index (χ4v) is 4.95.